The zero-order valence-electron chi connectivity index (χ0n) is 17.9. The second kappa shape index (κ2) is 9.75. The monoisotopic (exact) mass is 453 g/mol. The Bertz CT molecular complexity index is 1330. The number of para-hydroxylation sites is 2. The molecular weight excluding hydrogens is 430 g/mol. The number of thioether (sulfide) groups is 1. The second-order valence-corrected chi connectivity index (χ2v) is 8.66. The Morgan fingerprint density at radius 1 is 0.939 bits per heavy atom. The molecule has 2 heterocycles. The third kappa shape index (κ3) is 5.15. The number of imidazole rings is 1. The molecule has 0 saturated heterocycles. The lowest BCUT2D eigenvalue weighted by molar-refractivity contribution is 0.0951. The van der Waals surface area contributed by atoms with E-state index in [9.17, 15) is 4.79 Å². The van der Waals surface area contributed by atoms with E-state index in [1.165, 1.54) is 0 Å². The van der Waals surface area contributed by atoms with Gasteiger partial charge in [-0.1, -0.05) is 60.3 Å². The minimum atomic E-state index is -0.0830. The Morgan fingerprint density at radius 3 is 2.52 bits per heavy atom. The first kappa shape index (κ1) is 21.0. The molecule has 0 saturated carbocycles. The number of carbonyl (C=O) groups is 1. The molecule has 0 aliphatic rings. The summed E-state index contributed by atoms with van der Waals surface area (Å²) >= 11 is 1.65. The molecule has 0 radical (unpaired) electrons. The number of aromatic amines is 1. The molecule has 0 bridgehead atoms. The minimum Gasteiger partial charge on any atom is -0.348 e. The number of hydrogen-bond donors (Lipinski definition) is 2. The molecule has 33 heavy (non-hydrogen) atoms. The molecule has 5 aromatic rings. The van der Waals surface area contributed by atoms with Crippen LogP contribution in [0.15, 0.2) is 96.4 Å². The molecule has 6 nitrogen and oxygen atoms in total. The Hall–Kier alpha value is -3.84. The van der Waals surface area contributed by atoms with E-state index >= 15 is 0 Å². The van der Waals surface area contributed by atoms with Gasteiger partial charge in [-0.3, -0.25) is 9.48 Å². The molecule has 2 aromatic heterocycles. The van der Waals surface area contributed by atoms with Crippen LogP contribution in [0, 0.1) is 0 Å². The molecule has 0 unspecified atom stereocenters. The van der Waals surface area contributed by atoms with Crippen molar-refractivity contribution in [1.29, 1.82) is 0 Å². The summed E-state index contributed by atoms with van der Waals surface area (Å²) in [6.45, 7) is 1.15. The van der Waals surface area contributed by atoms with Crippen LogP contribution in [-0.2, 0) is 18.8 Å². The van der Waals surface area contributed by atoms with Crippen LogP contribution >= 0.6 is 11.8 Å². The van der Waals surface area contributed by atoms with E-state index in [1.807, 2.05) is 83.7 Å². The van der Waals surface area contributed by atoms with E-state index < -0.39 is 0 Å². The maximum atomic E-state index is 12.7. The van der Waals surface area contributed by atoms with Crippen LogP contribution in [-0.4, -0.2) is 25.7 Å². The molecule has 2 N–H and O–H groups in total. The van der Waals surface area contributed by atoms with E-state index in [4.69, 9.17) is 0 Å². The summed E-state index contributed by atoms with van der Waals surface area (Å²) in [5.74, 6) is 0.697. The number of nitrogens with zero attached hydrogens (tertiary/aromatic N) is 3. The van der Waals surface area contributed by atoms with Crippen LogP contribution in [0.1, 0.15) is 27.0 Å². The molecular formula is C26H23N5OS. The summed E-state index contributed by atoms with van der Waals surface area (Å²) < 4.78 is 1.88. The van der Waals surface area contributed by atoms with Gasteiger partial charge in [0.2, 0.25) is 0 Å². The molecule has 0 aliphatic heterocycles. The highest BCUT2D eigenvalue weighted by atomic mass is 32.2. The Labute approximate surface area is 196 Å². The van der Waals surface area contributed by atoms with Crippen molar-refractivity contribution in [3.8, 4) is 0 Å². The van der Waals surface area contributed by atoms with Gasteiger partial charge in [0.15, 0.2) is 5.16 Å². The zero-order valence-corrected chi connectivity index (χ0v) is 18.8. The van der Waals surface area contributed by atoms with Gasteiger partial charge in [-0.2, -0.15) is 5.10 Å². The number of hydrogen-bond acceptors (Lipinski definition) is 4. The van der Waals surface area contributed by atoms with Gasteiger partial charge in [-0.05, 0) is 47.0 Å². The van der Waals surface area contributed by atoms with Crippen LogP contribution in [0.3, 0.4) is 0 Å². The standard InChI is InChI=1S/C26H23N5OS/c32-25(27-16-21-6-1-2-7-22(21)17-31-15-5-14-28-31)20-12-10-19(11-13-20)18-33-26-29-23-8-3-4-9-24(23)30-26/h1-15H,16-18H2,(H,27,32)(H,29,30). The van der Waals surface area contributed by atoms with Gasteiger partial charge in [0.05, 0.1) is 17.6 Å². The lowest BCUT2D eigenvalue weighted by atomic mass is 10.1. The molecule has 5 rings (SSSR count). The van der Waals surface area contributed by atoms with E-state index in [0.29, 0.717) is 18.7 Å². The number of amides is 1. The first-order valence-corrected chi connectivity index (χ1v) is 11.7. The number of fused-ring (bicyclic) bond motifs is 1. The van der Waals surface area contributed by atoms with Crippen molar-refractivity contribution >= 4 is 28.7 Å². The number of benzene rings is 3. The maximum absolute atomic E-state index is 12.7. The predicted octanol–water partition coefficient (Wildman–Crippen LogP) is 5.03. The molecule has 0 spiro atoms. The summed E-state index contributed by atoms with van der Waals surface area (Å²) in [7, 11) is 0. The molecule has 164 valence electrons. The highest BCUT2D eigenvalue weighted by molar-refractivity contribution is 7.98. The number of aromatic nitrogens is 4. The third-order valence-corrected chi connectivity index (χ3v) is 6.35. The van der Waals surface area contributed by atoms with E-state index in [0.717, 1.165) is 38.6 Å². The Kier molecular flexibility index (Phi) is 6.21. The highest BCUT2D eigenvalue weighted by Gasteiger charge is 2.09. The smallest absolute Gasteiger partial charge is 0.251 e. The lowest BCUT2D eigenvalue weighted by Gasteiger charge is -2.11. The number of carbonyl (C=O) groups excluding carboxylic acids is 1. The zero-order chi connectivity index (χ0) is 22.5. The molecule has 0 atom stereocenters. The summed E-state index contributed by atoms with van der Waals surface area (Å²) in [5, 5.41) is 8.20. The first-order chi connectivity index (χ1) is 16.2. The Balaban J connectivity index is 1.17. The Morgan fingerprint density at radius 2 is 1.73 bits per heavy atom. The summed E-state index contributed by atoms with van der Waals surface area (Å²) in [4.78, 5) is 20.6. The van der Waals surface area contributed by atoms with Gasteiger partial charge < -0.3 is 10.3 Å². The number of rotatable bonds is 8. The van der Waals surface area contributed by atoms with Crippen molar-refractivity contribution in [2.45, 2.75) is 24.0 Å². The van der Waals surface area contributed by atoms with E-state index in [-0.39, 0.29) is 5.91 Å². The van der Waals surface area contributed by atoms with Gasteiger partial charge >= 0.3 is 0 Å². The molecule has 0 fully saturated rings. The fourth-order valence-electron chi connectivity index (χ4n) is 3.63. The van der Waals surface area contributed by atoms with Gasteiger partial charge in [-0.25, -0.2) is 4.98 Å². The topological polar surface area (TPSA) is 75.6 Å². The summed E-state index contributed by atoms with van der Waals surface area (Å²) in [6, 6.07) is 25.8. The van der Waals surface area contributed by atoms with Crippen molar-refractivity contribution in [3.63, 3.8) is 0 Å². The second-order valence-electron chi connectivity index (χ2n) is 7.70. The van der Waals surface area contributed by atoms with Crippen LogP contribution in [0.4, 0.5) is 0 Å². The van der Waals surface area contributed by atoms with Crippen LogP contribution in [0.2, 0.25) is 0 Å². The van der Waals surface area contributed by atoms with Gasteiger partial charge in [-0.15, -0.1) is 0 Å². The van der Waals surface area contributed by atoms with Crippen molar-refractivity contribution in [3.05, 3.63) is 114 Å². The number of nitrogens with one attached hydrogen (secondary N) is 2. The average molecular weight is 454 g/mol. The highest BCUT2D eigenvalue weighted by Crippen LogP contribution is 2.23. The molecule has 0 aliphatic carbocycles. The quantitative estimate of drug-likeness (QED) is 0.323. The fourth-order valence-corrected chi connectivity index (χ4v) is 4.47. The summed E-state index contributed by atoms with van der Waals surface area (Å²) in [5.41, 5.74) is 6.02. The van der Waals surface area contributed by atoms with Crippen LogP contribution < -0.4 is 5.32 Å². The van der Waals surface area contributed by atoms with Crippen LogP contribution in [0.5, 0.6) is 0 Å². The normalized spacial score (nSPS) is 11.0. The third-order valence-electron chi connectivity index (χ3n) is 5.41. The van der Waals surface area contributed by atoms with E-state index in [1.54, 1.807) is 18.0 Å². The van der Waals surface area contributed by atoms with Gasteiger partial charge in [0, 0.05) is 30.3 Å². The van der Waals surface area contributed by atoms with E-state index in [2.05, 4.69) is 26.4 Å². The van der Waals surface area contributed by atoms with Crippen molar-refractivity contribution in [2.75, 3.05) is 0 Å². The number of H-pyrrole nitrogens is 1. The minimum absolute atomic E-state index is 0.0830. The molecule has 7 heteroatoms. The predicted molar refractivity (Wildman–Crippen MR) is 131 cm³/mol. The van der Waals surface area contributed by atoms with Crippen molar-refractivity contribution in [2.24, 2.45) is 0 Å². The van der Waals surface area contributed by atoms with Gasteiger partial charge in [0.25, 0.3) is 5.91 Å². The molecule has 3 aromatic carbocycles. The average Bonchev–Trinajstić information content (AvgIpc) is 3.52. The largest absolute Gasteiger partial charge is 0.348 e. The molecule has 1 amide bonds. The van der Waals surface area contributed by atoms with Gasteiger partial charge in [0.1, 0.15) is 0 Å². The van der Waals surface area contributed by atoms with Crippen molar-refractivity contribution < 1.29 is 4.79 Å². The lowest BCUT2D eigenvalue weighted by Crippen LogP contribution is -2.23. The SMILES string of the molecule is O=C(NCc1ccccc1Cn1cccn1)c1ccc(CSc2nc3ccccc3[nH]2)cc1. The fraction of sp³-hybridized carbons (Fsp3) is 0.115. The van der Waals surface area contributed by atoms with Crippen LogP contribution in [0.25, 0.3) is 11.0 Å². The summed E-state index contributed by atoms with van der Waals surface area (Å²) in [6.07, 6.45) is 3.70. The first-order valence-electron chi connectivity index (χ1n) is 10.7. The van der Waals surface area contributed by atoms with Crippen molar-refractivity contribution in [1.82, 2.24) is 25.1 Å². The maximum Gasteiger partial charge on any atom is 0.251 e.